The van der Waals surface area contributed by atoms with Gasteiger partial charge in [-0.3, -0.25) is 9.88 Å². The Kier molecular flexibility index (Phi) is 8.51. The minimum Gasteiger partial charge on any atom is -0.497 e. The van der Waals surface area contributed by atoms with Gasteiger partial charge in [0.05, 0.1) is 24.9 Å². The Morgan fingerprint density at radius 2 is 1.84 bits per heavy atom. The van der Waals surface area contributed by atoms with Crippen molar-refractivity contribution in [3.8, 4) is 11.5 Å². The lowest BCUT2D eigenvalue weighted by Gasteiger charge is -2.41. The summed E-state index contributed by atoms with van der Waals surface area (Å²) in [6, 6.07) is 6.34. The van der Waals surface area contributed by atoms with Gasteiger partial charge in [0.25, 0.3) is 0 Å². The summed E-state index contributed by atoms with van der Waals surface area (Å²) in [6.45, 7) is 1.61. The maximum atomic E-state index is 14.7. The minimum absolute atomic E-state index is 0.0442. The van der Waals surface area contributed by atoms with Crippen LogP contribution in [0.3, 0.4) is 0 Å². The van der Waals surface area contributed by atoms with Crippen molar-refractivity contribution in [2.75, 3.05) is 40.0 Å². The number of halogens is 4. The van der Waals surface area contributed by atoms with Gasteiger partial charge in [0, 0.05) is 36.2 Å². The number of nitrogens with zero attached hydrogens (tertiary/aromatic N) is 2. The zero-order chi connectivity index (χ0) is 26.6. The monoisotopic (exact) mass is 522 g/mol. The Bertz CT molecular complexity index is 1230. The molecule has 0 saturated carbocycles. The number of rotatable bonds is 10. The van der Waals surface area contributed by atoms with Gasteiger partial charge in [-0.15, -0.1) is 0 Å². The zero-order valence-electron chi connectivity index (χ0n) is 20.5. The van der Waals surface area contributed by atoms with Gasteiger partial charge >= 0.3 is 0 Å². The highest BCUT2D eigenvalue weighted by Crippen LogP contribution is 2.39. The molecule has 0 radical (unpaired) electrons. The lowest BCUT2D eigenvalue weighted by molar-refractivity contribution is 0.0200. The van der Waals surface area contributed by atoms with Gasteiger partial charge in [0.2, 0.25) is 5.82 Å². The molecule has 4 rings (SSSR count). The molecule has 2 heterocycles. The summed E-state index contributed by atoms with van der Waals surface area (Å²) in [5, 5.41) is 21.6. The Hall–Kier alpha value is -2.95. The van der Waals surface area contributed by atoms with Gasteiger partial charge in [-0.2, -0.15) is 4.39 Å². The molecule has 1 saturated heterocycles. The highest BCUT2D eigenvalue weighted by Gasteiger charge is 2.35. The van der Waals surface area contributed by atoms with Crippen molar-refractivity contribution in [3.05, 3.63) is 65.4 Å². The summed E-state index contributed by atoms with van der Waals surface area (Å²) in [5.74, 6) is -3.99. The van der Waals surface area contributed by atoms with Crippen LogP contribution >= 0.6 is 0 Å². The van der Waals surface area contributed by atoms with Crippen LogP contribution in [0.4, 0.5) is 17.6 Å². The molecule has 0 spiro atoms. The van der Waals surface area contributed by atoms with Crippen molar-refractivity contribution >= 4 is 10.9 Å². The fourth-order valence-electron chi connectivity index (χ4n) is 4.88. The van der Waals surface area contributed by atoms with Gasteiger partial charge in [0.15, 0.2) is 11.6 Å². The molecular weight excluding hydrogens is 492 g/mol. The molecular formula is C27H30F4N2O4. The smallest absolute Gasteiger partial charge is 0.200 e. The maximum Gasteiger partial charge on any atom is 0.200 e. The first-order chi connectivity index (χ1) is 17.7. The maximum absolute atomic E-state index is 14.7. The van der Waals surface area contributed by atoms with Crippen molar-refractivity contribution in [2.45, 2.75) is 31.8 Å². The number of hydrogen-bond acceptors (Lipinski definition) is 6. The summed E-state index contributed by atoms with van der Waals surface area (Å²) in [7, 11) is 1.51. The molecule has 37 heavy (non-hydrogen) atoms. The van der Waals surface area contributed by atoms with E-state index in [2.05, 4.69) is 9.88 Å². The Labute approximate surface area is 212 Å². The second-order valence-corrected chi connectivity index (χ2v) is 9.51. The number of fused-ring (bicyclic) bond motifs is 1. The largest absolute Gasteiger partial charge is 0.497 e. The number of aliphatic hydroxyl groups is 2. The highest BCUT2D eigenvalue weighted by molar-refractivity contribution is 5.84. The van der Waals surface area contributed by atoms with Crippen LogP contribution in [0, 0.1) is 28.7 Å². The molecule has 1 aliphatic rings. The predicted octanol–water partition coefficient (Wildman–Crippen LogP) is 4.77. The van der Waals surface area contributed by atoms with Crippen molar-refractivity contribution in [1.29, 1.82) is 0 Å². The van der Waals surface area contributed by atoms with Gasteiger partial charge in [-0.25, -0.2) is 13.2 Å². The third-order valence-electron chi connectivity index (χ3n) is 7.23. The standard InChI is InChI=1S/C27H30F4N2O4/c1-36-18-2-3-22-19(14-18)25(21(30)15-32-22)23(35)4-5-27(16-34)6-8-33(9-7-27)10-11-37-24-13-17(28)12-20(29)26(24)31/h2-3,12-15,23,34-35H,4-11,16H2,1H3. The number of methoxy groups -OCH3 is 1. The van der Waals surface area contributed by atoms with E-state index in [-0.39, 0.29) is 25.2 Å². The van der Waals surface area contributed by atoms with Crippen LogP contribution in [-0.4, -0.2) is 60.1 Å². The first kappa shape index (κ1) is 27.1. The van der Waals surface area contributed by atoms with E-state index in [1.807, 2.05) is 0 Å². The average molecular weight is 523 g/mol. The van der Waals surface area contributed by atoms with Crippen LogP contribution in [0.15, 0.2) is 36.5 Å². The number of ether oxygens (including phenoxy) is 2. The molecule has 1 aromatic heterocycles. The van der Waals surface area contributed by atoms with Crippen LogP contribution < -0.4 is 9.47 Å². The van der Waals surface area contributed by atoms with E-state index in [9.17, 15) is 27.8 Å². The number of aliphatic hydroxyl groups excluding tert-OH is 2. The quantitative estimate of drug-likeness (QED) is 0.295. The minimum atomic E-state index is -1.30. The summed E-state index contributed by atoms with van der Waals surface area (Å²) in [6.07, 6.45) is 2.00. The van der Waals surface area contributed by atoms with Crippen LogP contribution in [0.1, 0.15) is 37.4 Å². The van der Waals surface area contributed by atoms with E-state index < -0.39 is 40.5 Å². The molecule has 6 nitrogen and oxygen atoms in total. The summed E-state index contributed by atoms with van der Waals surface area (Å²) in [4.78, 5) is 6.14. The topological polar surface area (TPSA) is 75.0 Å². The first-order valence-corrected chi connectivity index (χ1v) is 12.2. The Morgan fingerprint density at radius 1 is 1.08 bits per heavy atom. The van der Waals surface area contributed by atoms with Gasteiger partial charge in [-0.05, 0) is 62.4 Å². The van der Waals surface area contributed by atoms with E-state index in [1.165, 1.54) is 7.11 Å². The average Bonchev–Trinajstić information content (AvgIpc) is 2.90. The number of hydrogen-bond donors (Lipinski definition) is 2. The molecule has 0 amide bonds. The molecule has 2 aromatic carbocycles. The Balaban J connectivity index is 1.33. The SMILES string of the molecule is COc1ccc2ncc(F)c(C(O)CCC3(CO)CCN(CCOc4cc(F)cc(F)c4F)CC3)c2c1. The molecule has 0 bridgehead atoms. The molecule has 1 atom stereocenters. The van der Waals surface area contributed by atoms with Crippen LogP contribution in [-0.2, 0) is 0 Å². The number of likely N-dealkylation sites (tertiary alicyclic amines) is 1. The number of piperidine rings is 1. The second kappa shape index (κ2) is 11.6. The molecule has 3 aromatic rings. The molecule has 0 aliphatic carbocycles. The van der Waals surface area contributed by atoms with Crippen molar-refractivity contribution < 1.29 is 37.2 Å². The van der Waals surface area contributed by atoms with Crippen LogP contribution in [0.25, 0.3) is 10.9 Å². The summed E-state index contributed by atoms with van der Waals surface area (Å²) >= 11 is 0. The fraction of sp³-hybridized carbons (Fsp3) is 0.444. The molecule has 1 fully saturated rings. The zero-order valence-corrected chi connectivity index (χ0v) is 20.5. The third kappa shape index (κ3) is 6.14. The van der Waals surface area contributed by atoms with E-state index in [4.69, 9.17) is 9.47 Å². The van der Waals surface area contributed by atoms with Gasteiger partial charge in [-0.1, -0.05) is 0 Å². The number of benzene rings is 2. The lowest BCUT2D eigenvalue weighted by Crippen LogP contribution is -2.43. The van der Waals surface area contributed by atoms with Crippen molar-refractivity contribution in [1.82, 2.24) is 9.88 Å². The molecule has 1 unspecified atom stereocenters. The second-order valence-electron chi connectivity index (χ2n) is 9.51. The summed E-state index contributed by atoms with van der Waals surface area (Å²) < 4.78 is 65.6. The van der Waals surface area contributed by atoms with Gasteiger partial charge < -0.3 is 19.7 Å². The first-order valence-electron chi connectivity index (χ1n) is 12.2. The fourth-order valence-corrected chi connectivity index (χ4v) is 4.88. The van der Waals surface area contributed by atoms with E-state index in [0.717, 1.165) is 12.3 Å². The van der Waals surface area contributed by atoms with E-state index in [1.54, 1.807) is 18.2 Å². The Morgan fingerprint density at radius 3 is 2.54 bits per heavy atom. The van der Waals surface area contributed by atoms with Crippen molar-refractivity contribution in [3.63, 3.8) is 0 Å². The number of pyridine rings is 1. The number of aromatic nitrogens is 1. The third-order valence-corrected chi connectivity index (χ3v) is 7.23. The lowest BCUT2D eigenvalue weighted by atomic mass is 9.74. The normalized spacial score (nSPS) is 16.6. The van der Waals surface area contributed by atoms with Crippen LogP contribution in [0.2, 0.25) is 0 Å². The molecule has 2 N–H and O–H groups in total. The highest BCUT2D eigenvalue weighted by atomic mass is 19.2. The van der Waals surface area contributed by atoms with Gasteiger partial charge in [0.1, 0.15) is 24.0 Å². The summed E-state index contributed by atoms with van der Waals surface area (Å²) in [5.41, 5.74) is 0.268. The van der Waals surface area contributed by atoms with E-state index in [0.29, 0.717) is 61.6 Å². The molecule has 1 aliphatic heterocycles. The molecule has 10 heteroatoms. The van der Waals surface area contributed by atoms with E-state index >= 15 is 0 Å². The van der Waals surface area contributed by atoms with Crippen LogP contribution in [0.5, 0.6) is 11.5 Å². The van der Waals surface area contributed by atoms with Crippen molar-refractivity contribution in [2.24, 2.45) is 5.41 Å². The molecule has 200 valence electrons. The predicted molar refractivity (Wildman–Crippen MR) is 129 cm³/mol.